The van der Waals surface area contributed by atoms with Gasteiger partial charge in [-0.25, -0.2) is 4.39 Å². The molecule has 0 aliphatic carbocycles. The van der Waals surface area contributed by atoms with Gasteiger partial charge in [0.15, 0.2) is 0 Å². The van der Waals surface area contributed by atoms with Crippen molar-refractivity contribution in [3.8, 4) is 0 Å². The van der Waals surface area contributed by atoms with Gasteiger partial charge >= 0.3 is 0 Å². The third-order valence-electron chi connectivity index (χ3n) is 3.86. The second-order valence-corrected chi connectivity index (χ2v) is 6.73. The number of anilines is 1. The number of hydrogen-bond acceptors (Lipinski definition) is 3. The lowest BCUT2D eigenvalue weighted by Crippen LogP contribution is -2.40. The zero-order valence-corrected chi connectivity index (χ0v) is 14.6. The van der Waals surface area contributed by atoms with Crippen molar-refractivity contribution in [2.24, 2.45) is 0 Å². The van der Waals surface area contributed by atoms with Crippen molar-refractivity contribution in [3.05, 3.63) is 88.4 Å². The standard InChI is InChI=1S/C20H19FN2OS/c1-14(20(24)23-17-10-5-9-16(21)13-17)22-19(18-11-6-12-25-18)15-7-3-2-4-8-15/h2-14,19,22H,1H3,(H,23,24)/t14-,19+/m1/s1. The molecule has 0 spiro atoms. The van der Waals surface area contributed by atoms with E-state index in [1.807, 2.05) is 47.8 Å². The van der Waals surface area contributed by atoms with Crippen LogP contribution in [0, 0.1) is 5.82 Å². The normalized spacial score (nSPS) is 13.2. The van der Waals surface area contributed by atoms with Gasteiger partial charge in [-0.05, 0) is 42.1 Å². The Hall–Kier alpha value is -2.50. The summed E-state index contributed by atoms with van der Waals surface area (Å²) >= 11 is 1.64. The Morgan fingerprint density at radius 1 is 1.04 bits per heavy atom. The van der Waals surface area contributed by atoms with Gasteiger partial charge in [0.25, 0.3) is 0 Å². The lowest BCUT2D eigenvalue weighted by Gasteiger charge is -2.22. The molecule has 0 aliphatic rings. The lowest BCUT2D eigenvalue weighted by atomic mass is 10.0. The molecule has 2 aromatic carbocycles. The molecular formula is C20H19FN2OS. The van der Waals surface area contributed by atoms with Crippen molar-refractivity contribution in [1.82, 2.24) is 5.32 Å². The molecule has 1 aromatic heterocycles. The molecule has 0 radical (unpaired) electrons. The maximum absolute atomic E-state index is 13.3. The van der Waals surface area contributed by atoms with Gasteiger partial charge < -0.3 is 5.32 Å². The Morgan fingerprint density at radius 2 is 1.84 bits per heavy atom. The molecule has 5 heteroatoms. The van der Waals surface area contributed by atoms with E-state index < -0.39 is 6.04 Å². The van der Waals surface area contributed by atoms with Gasteiger partial charge in [0, 0.05) is 10.6 Å². The zero-order valence-electron chi connectivity index (χ0n) is 13.8. The third kappa shape index (κ3) is 4.53. The first kappa shape index (κ1) is 17.3. The van der Waals surface area contributed by atoms with Crippen LogP contribution in [0.5, 0.6) is 0 Å². The van der Waals surface area contributed by atoms with E-state index >= 15 is 0 Å². The van der Waals surface area contributed by atoms with Crippen LogP contribution in [-0.4, -0.2) is 11.9 Å². The minimum Gasteiger partial charge on any atom is -0.325 e. The fraction of sp³-hybridized carbons (Fsp3) is 0.150. The number of hydrogen-bond donors (Lipinski definition) is 2. The van der Waals surface area contributed by atoms with Crippen LogP contribution in [-0.2, 0) is 4.79 Å². The number of carbonyl (C=O) groups excluding carboxylic acids is 1. The summed E-state index contributed by atoms with van der Waals surface area (Å²) < 4.78 is 13.3. The zero-order chi connectivity index (χ0) is 17.6. The summed E-state index contributed by atoms with van der Waals surface area (Å²) in [5, 5.41) is 8.14. The molecule has 128 valence electrons. The smallest absolute Gasteiger partial charge is 0.241 e. The minimum atomic E-state index is -0.449. The van der Waals surface area contributed by atoms with Crippen molar-refractivity contribution in [3.63, 3.8) is 0 Å². The Bertz CT molecular complexity index is 821. The fourth-order valence-corrected chi connectivity index (χ4v) is 3.40. The Kier molecular flexibility index (Phi) is 5.58. The fourth-order valence-electron chi connectivity index (χ4n) is 2.59. The molecule has 3 rings (SSSR count). The predicted octanol–water partition coefficient (Wildman–Crippen LogP) is 4.59. The van der Waals surface area contributed by atoms with Gasteiger partial charge in [0.2, 0.25) is 5.91 Å². The van der Waals surface area contributed by atoms with Crippen LogP contribution in [0.3, 0.4) is 0 Å². The van der Waals surface area contributed by atoms with E-state index in [0.29, 0.717) is 5.69 Å². The number of thiophene rings is 1. The van der Waals surface area contributed by atoms with Gasteiger partial charge in [0.1, 0.15) is 5.82 Å². The number of benzene rings is 2. The highest BCUT2D eigenvalue weighted by Gasteiger charge is 2.21. The molecule has 0 aliphatic heterocycles. The first-order valence-electron chi connectivity index (χ1n) is 8.04. The first-order chi connectivity index (χ1) is 12.1. The van der Waals surface area contributed by atoms with Gasteiger partial charge in [-0.2, -0.15) is 0 Å². The van der Waals surface area contributed by atoms with Crippen molar-refractivity contribution in [1.29, 1.82) is 0 Å². The molecule has 0 bridgehead atoms. The Balaban J connectivity index is 1.74. The lowest BCUT2D eigenvalue weighted by molar-refractivity contribution is -0.117. The molecule has 3 nitrogen and oxygen atoms in total. The third-order valence-corrected chi connectivity index (χ3v) is 4.80. The predicted molar refractivity (Wildman–Crippen MR) is 100 cm³/mol. The average Bonchev–Trinajstić information content (AvgIpc) is 3.14. The van der Waals surface area contributed by atoms with Crippen molar-refractivity contribution in [2.75, 3.05) is 5.32 Å². The van der Waals surface area contributed by atoms with Gasteiger partial charge in [-0.3, -0.25) is 10.1 Å². The summed E-state index contributed by atoms with van der Waals surface area (Å²) in [7, 11) is 0. The summed E-state index contributed by atoms with van der Waals surface area (Å²) in [6, 6.07) is 19.4. The molecule has 0 saturated carbocycles. The van der Waals surface area contributed by atoms with Crippen molar-refractivity contribution >= 4 is 22.9 Å². The van der Waals surface area contributed by atoms with Gasteiger partial charge in [-0.15, -0.1) is 11.3 Å². The Labute approximate surface area is 150 Å². The van der Waals surface area contributed by atoms with Crippen LogP contribution in [0.2, 0.25) is 0 Å². The molecule has 0 saturated heterocycles. The van der Waals surface area contributed by atoms with Gasteiger partial charge in [0.05, 0.1) is 12.1 Å². The minimum absolute atomic E-state index is 0.0746. The summed E-state index contributed by atoms with van der Waals surface area (Å²) in [5.41, 5.74) is 1.54. The number of amides is 1. The monoisotopic (exact) mass is 354 g/mol. The SMILES string of the molecule is C[C@@H](N[C@@H](c1ccccc1)c1cccs1)C(=O)Nc1cccc(F)c1. The van der Waals surface area contributed by atoms with E-state index in [9.17, 15) is 9.18 Å². The van der Waals surface area contributed by atoms with Gasteiger partial charge in [-0.1, -0.05) is 42.5 Å². The highest BCUT2D eigenvalue weighted by molar-refractivity contribution is 7.10. The van der Waals surface area contributed by atoms with Crippen LogP contribution in [0.4, 0.5) is 10.1 Å². The molecule has 0 fully saturated rings. The molecule has 2 N–H and O–H groups in total. The summed E-state index contributed by atoms with van der Waals surface area (Å²) in [6.45, 7) is 1.80. The number of halogens is 1. The largest absolute Gasteiger partial charge is 0.325 e. The molecule has 3 aromatic rings. The maximum Gasteiger partial charge on any atom is 0.241 e. The van der Waals surface area contributed by atoms with E-state index in [1.165, 1.54) is 12.1 Å². The van der Waals surface area contributed by atoms with Crippen LogP contribution >= 0.6 is 11.3 Å². The van der Waals surface area contributed by atoms with E-state index in [1.54, 1.807) is 30.4 Å². The molecular weight excluding hydrogens is 335 g/mol. The van der Waals surface area contributed by atoms with E-state index in [0.717, 1.165) is 10.4 Å². The number of carbonyl (C=O) groups is 1. The summed E-state index contributed by atoms with van der Waals surface area (Å²) in [4.78, 5) is 13.6. The second-order valence-electron chi connectivity index (χ2n) is 5.75. The summed E-state index contributed by atoms with van der Waals surface area (Å²) in [6.07, 6.45) is 0. The second kappa shape index (κ2) is 8.05. The van der Waals surface area contributed by atoms with Crippen LogP contribution in [0.25, 0.3) is 0 Å². The van der Waals surface area contributed by atoms with E-state index in [2.05, 4.69) is 10.6 Å². The number of rotatable bonds is 6. The van der Waals surface area contributed by atoms with Crippen LogP contribution in [0.1, 0.15) is 23.4 Å². The highest BCUT2D eigenvalue weighted by Crippen LogP contribution is 2.26. The van der Waals surface area contributed by atoms with Crippen LogP contribution in [0.15, 0.2) is 72.1 Å². The van der Waals surface area contributed by atoms with E-state index in [-0.39, 0.29) is 17.8 Å². The molecule has 2 atom stereocenters. The quantitative estimate of drug-likeness (QED) is 0.680. The molecule has 0 unspecified atom stereocenters. The number of nitrogens with one attached hydrogen (secondary N) is 2. The topological polar surface area (TPSA) is 41.1 Å². The van der Waals surface area contributed by atoms with Crippen molar-refractivity contribution in [2.45, 2.75) is 19.0 Å². The van der Waals surface area contributed by atoms with Crippen molar-refractivity contribution < 1.29 is 9.18 Å². The molecule has 1 amide bonds. The van der Waals surface area contributed by atoms with E-state index in [4.69, 9.17) is 0 Å². The first-order valence-corrected chi connectivity index (χ1v) is 8.92. The maximum atomic E-state index is 13.3. The molecule has 1 heterocycles. The molecule has 25 heavy (non-hydrogen) atoms. The average molecular weight is 354 g/mol. The Morgan fingerprint density at radius 3 is 2.52 bits per heavy atom. The van der Waals surface area contributed by atoms with Crippen LogP contribution < -0.4 is 10.6 Å². The summed E-state index contributed by atoms with van der Waals surface area (Å²) in [5.74, 6) is -0.581. The highest BCUT2D eigenvalue weighted by atomic mass is 32.1.